The number of rotatable bonds is 3. The monoisotopic (exact) mass is 194 g/mol. The first kappa shape index (κ1) is 10.7. The Morgan fingerprint density at radius 2 is 2.29 bits per heavy atom. The molecule has 0 aliphatic rings. The zero-order chi connectivity index (χ0) is 10.6. The third kappa shape index (κ3) is 2.81. The predicted molar refractivity (Wildman–Crippen MR) is 53.6 cm³/mol. The Hall–Kier alpha value is -1.42. The molecule has 0 bridgehead atoms. The molecule has 1 heterocycles. The van der Waals surface area contributed by atoms with E-state index in [0.29, 0.717) is 5.82 Å². The molecule has 2 N–H and O–H groups in total. The fourth-order valence-electron chi connectivity index (χ4n) is 0.863. The first-order chi connectivity index (χ1) is 6.63. The number of amides is 1. The molecule has 0 aliphatic carbocycles. The topological polar surface area (TPSA) is 62.2 Å². The Bertz CT molecular complexity index is 306. The number of anilines is 1. The Morgan fingerprint density at radius 1 is 1.57 bits per heavy atom. The van der Waals surface area contributed by atoms with Crippen molar-refractivity contribution in [3.63, 3.8) is 0 Å². The number of aliphatic hydroxyl groups excluding tert-OH is 1. The van der Waals surface area contributed by atoms with Crippen molar-refractivity contribution < 1.29 is 9.90 Å². The highest BCUT2D eigenvalue weighted by Gasteiger charge is 2.07. The van der Waals surface area contributed by atoms with Gasteiger partial charge in [0.1, 0.15) is 5.82 Å². The van der Waals surface area contributed by atoms with E-state index in [4.69, 9.17) is 5.11 Å². The number of pyridine rings is 1. The van der Waals surface area contributed by atoms with Gasteiger partial charge in [0.05, 0.1) is 6.61 Å². The van der Waals surface area contributed by atoms with Crippen molar-refractivity contribution in [3.05, 3.63) is 23.9 Å². The zero-order valence-electron chi connectivity index (χ0n) is 8.32. The molecule has 0 spiro atoms. The average Bonchev–Trinajstić information content (AvgIpc) is 2.19. The van der Waals surface area contributed by atoms with Gasteiger partial charge in [-0.15, -0.1) is 0 Å². The summed E-state index contributed by atoms with van der Waals surface area (Å²) in [6.07, 6.45) is 1.54. The van der Waals surface area contributed by atoms with Crippen LogP contribution in [0.2, 0.25) is 0 Å². The van der Waals surface area contributed by atoms with Crippen LogP contribution >= 0.6 is 0 Å². The minimum Gasteiger partial charge on any atom is -0.392 e. The number of carbonyl (C=O) groups is 1. The van der Waals surface area contributed by atoms with E-state index in [1.165, 1.54) is 6.20 Å². The van der Waals surface area contributed by atoms with E-state index in [1.807, 2.05) is 13.8 Å². The maximum absolute atomic E-state index is 11.3. The van der Waals surface area contributed by atoms with Crippen molar-refractivity contribution in [2.45, 2.75) is 20.5 Å². The van der Waals surface area contributed by atoms with Crippen molar-refractivity contribution in [3.8, 4) is 0 Å². The summed E-state index contributed by atoms with van der Waals surface area (Å²) in [4.78, 5) is 15.2. The SMILES string of the molecule is CC(C)C(=O)Nc1ccc(CO)cn1. The molecule has 14 heavy (non-hydrogen) atoms. The molecule has 0 radical (unpaired) electrons. The smallest absolute Gasteiger partial charge is 0.228 e. The quantitative estimate of drug-likeness (QED) is 0.759. The van der Waals surface area contributed by atoms with Crippen LogP contribution in [0.1, 0.15) is 19.4 Å². The summed E-state index contributed by atoms with van der Waals surface area (Å²) < 4.78 is 0. The summed E-state index contributed by atoms with van der Waals surface area (Å²) in [6.45, 7) is 3.60. The van der Waals surface area contributed by atoms with Crippen LogP contribution in [-0.4, -0.2) is 16.0 Å². The van der Waals surface area contributed by atoms with Gasteiger partial charge in [-0.25, -0.2) is 4.98 Å². The molecule has 0 atom stereocenters. The molecule has 0 fully saturated rings. The third-order valence-corrected chi connectivity index (χ3v) is 1.78. The van der Waals surface area contributed by atoms with Gasteiger partial charge >= 0.3 is 0 Å². The fraction of sp³-hybridized carbons (Fsp3) is 0.400. The van der Waals surface area contributed by atoms with Crippen LogP contribution in [0.15, 0.2) is 18.3 Å². The summed E-state index contributed by atoms with van der Waals surface area (Å²) in [6, 6.07) is 3.40. The first-order valence-corrected chi connectivity index (χ1v) is 4.50. The van der Waals surface area contributed by atoms with Gasteiger partial charge in [0.25, 0.3) is 0 Å². The van der Waals surface area contributed by atoms with E-state index in [2.05, 4.69) is 10.3 Å². The van der Waals surface area contributed by atoms with Crippen molar-refractivity contribution in [2.75, 3.05) is 5.32 Å². The fourth-order valence-corrected chi connectivity index (χ4v) is 0.863. The van der Waals surface area contributed by atoms with Crippen molar-refractivity contribution in [2.24, 2.45) is 5.92 Å². The van der Waals surface area contributed by atoms with Crippen molar-refractivity contribution in [1.29, 1.82) is 0 Å². The lowest BCUT2D eigenvalue weighted by Crippen LogP contribution is -2.18. The normalized spacial score (nSPS) is 10.3. The van der Waals surface area contributed by atoms with Crippen molar-refractivity contribution >= 4 is 11.7 Å². The van der Waals surface area contributed by atoms with E-state index in [-0.39, 0.29) is 18.4 Å². The van der Waals surface area contributed by atoms with E-state index in [9.17, 15) is 4.79 Å². The Labute approximate surface area is 83.0 Å². The maximum atomic E-state index is 11.3. The predicted octanol–water partition coefficient (Wildman–Crippen LogP) is 1.17. The Morgan fingerprint density at radius 3 is 2.71 bits per heavy atom. The van der Waals surface area contributed by atoms with E-state index < -0.39 is 0 Å². The minimum atomic E-state index is -0.0609. The molecule has 1 amide bonds. The van der Waals surface area contributed by atoms with Crippen LogP contribution < -0.4 is 5.32 Å². The lowest BCUT2D eigenvalue weighted by molar-refractivity contribution is -0.118. The van der Waals surface area contributed by atoms with Gasteiger partial charge in [-0.1, -0.05) is 19.9 Å². The number of nitrogens with one attached hydrogen (secondary N) is 1. The Balaban J connectivity index is 2.64. The molecular formula is C10H14N2O2. The molecule has 0 aliphatic heterocycles. The summed E-state index contributed by atoms with van der Waals surface area (Å²) in [5.41, 5.74) is 0.729. The second-order valence-electron chi connectivity index (χ2n) is 3.35. The van der Waals surface area contributed by atoms with Gasteiger partial charge < -0.3 is 10.4 Å². The van der Waals surface area contributed by atoms with Gasteiger partial charge in [-0.2, -0.15) is 0 Å². The van der Waals surface area contributed by atoms with Gasteiger partial charge in [0.15, 0.2) is 0 Å². The third-order valence-electron chi connectivity index (χ3n) is 1.78. The van der Waals surface area contributed by atoms with E-state index >= 15 is 0 Å². The van der Waals surface area contributed by atoms with Crippen LogP contribution in [-0.2, 0) is 11.4 Å². The maximum Gasteiger partial charge on any atom is 0.228 e. The van der Waals surface area contributed by atoms with E-state index in [0.717, 1.165) is 5.56 Å². The molecule has 4 nitrogen and oxygen atoms in total. The molecule has 0 saturated heterocycles. The van der Waals surface area contributed by atoms with Crippen LogP contribution in [0.3, 0.4) is 0 Å². The second-order valence-corrected chi connectivity index (χ2v) is 3.35. The zero-order valence-corrected chi connectivity index (χ0v) is 8.32. The highest BCUT2D eigenvalue weighted by atomic mass is 16.3. The van der Waals surface area contributed by atoms with Crippen LogP contribution in [0.5, 0.6) is 0 Å². The number of carbonyl (C=O) groups excluding carboxylic acids is 1. The molecule has 0 saturated carbocycles. The largest absolute Gasteiger partial charge is 0.392 e. The summed E-state index contributed by atoms with van der Waals surface area (Å²) >= 11 is 0. The number of hydrogen-bond acceptors (Lipinski definition) is 3. The molecule has 76 valence electrons. The van der Waals surface area contributed by atoms with Crippen LogP contribution in [0.4, 0.5) is 5.82 Å². The number of hydrogen-bond donors (Lipinski definition) is 2. The molecule has 1 aromatic rings. The van der Waals surface area contributed by atoms with Gasteiger partial charge in [0, 0.05) is 12.1 Å². The van der Waals surface area contributed by atoms with Gasteiger partial charge in [-0.3, -0.25) is 4.79 Å². The van der Waals surface area contributed by atoms with Crippen molar-refractivity contribution in [1.82, 2.24) is 4.98 Å². The molecular weight excluding hydrogens is 180 g/mol. The lowest BCUT2D eigenvalue weighted by Gasteiger charge is -2.06. The number of aliphatic hydroxyl groups is 1. The molecule has 4 heteroatoms. The first-order valence-electron chi connectivity index (χ1n) is 4.50. The standard InChI is InChI=1S/C10H14N2O2/c1-7(2)10(14)12-9-4-3-8(6-13)5-11-9/h3-5,7,13H,6H2,1-2H3,(H,11,12,14). The summed E-state index contributed by atoms with van der Waals surface area (Å²) in [5.74, 6) is 0.393. The Kier molecular flexibility index (Phi) is 3.59. The summed E-state index contributed by atoms with van der Waals surface area (Å²) in [7, 11) is 0. The summed E-state index contributed by atoms with van der Waals surface area (Å²) in [5, 5.41) is 11.4. The molecule has 0 unspecified atom stereocenters. The molecule has 0 aromatic carbocycles. The van der Waals surface area contributed by atoms with Crippen LogP contribution in [0.25, 0.3) is 0 Å². The highest BCUT2D eigenvalue weighted by Crippen LogP contribution is 2.06. The van der Waals surface area contributed by atoms with E-state index in [1.54, 1.807) is 12.1 Å². The van der Waals surface area contributed by atoms with Gasteiger partial charge in [0.2, 0.25) is 5.91 Å². The number of aromatic nitrogens is 1. The highest BCUT2D eigenvalue weighted by molar-refractivity contribution is 5.91. The minimum absolute atomic E-state index is 0.0363. The molecule has 1 rings (SSSR count). The second kappa shape index (κ2) is 4.72. The lowest BCUT2D eigenvalue weighted by atomic mass is 10.2. The molecule has 1 aromatic heterocycles. The average molecular weight is 194 g/mol. The van der Waals surface area contributed by atoms with Crippen LogP contribution in [0, 0.1) is 5.92 Å². The van der Waals surface area contributed by atoms with Gasteiger partial charge in [-0.05, 0) is 11.6 Å². The number of nitrogens with zero attached hydrogens (tertiary/aromatic N) is 1.